The lowest BCUT2D eigenvalue weighted by atomic mass is 9.96. The normalized spacial score (nSPS) is 20.5. The van der Waals surface area contributed by atoms with Crippen LogP contribution in [0, 0.1) is 5.82 Å². The predicted molar refractivity (Wildman–Crippen MR) is 137 cm³/mol. The zero-order chi connectivity index (χ0) is 24.4. The van der Waals surface area contributed by atoms with Crippen molar-refractivity contribution in [3.63, 3.8) is 0 Å². The number of benzene rings is 2. The second-order valence-electron chi connectivity index (χ2n) is 9.70. The second kappa shape index (κ2) is 10.2. The third-order valence-corrected chi connectivity index (χ3v) is 7.53. The van der Waals surface area contributed by atoms with Crippen LogP contribution in [0.15, 0.2) is 42.5 Å². The van der Waals surface area contributed by atoms with E-state index in [-0.39, 0.29) is 23.7 Å². The topological polar surface area (TPSA) is 59.1 Å². The number of rotatable bonds is 6. The molecule has 3 heterocycles. The van der Waals surface area contributed by atoms with Crippen molar-refractivity contribution in [2.75, 3.05) is 67.6 Å². The van der Waals surface area contributed by atoms with Crippen LogP contribution in [0.3, 0.4) is 0 Å². The van der Waals surface area contributed by atoms with Gasteiger partial charge in [0.1, 0.15) is 11.9 Å². The number of halogens is 1. The fourth-order valence-corrected chi connectivity index (χ4v) is 5.52. The Bertz CT molecular complexity index is 1080. The number of anilines is 3. The molecule has 186 valence electrons. The summed E-state index contributed by atoms with van der Waals surface area (Å²) in [7, 11) is 1.81. The molecule has 0 aromatic heterocycles. The van der Waals surface area contributed by atoms with E-state index in [0.717, 1.165) is 76.3 Å². The van der Waals surface area contributed by atoms with E-state index < -0.39 is 0 Å². The highest BCUT2D eigenvalue weighted by Crippen LogP contribution is 2.39. The maximum absolute atomic E-state index is 14.0. The molecule has 3 aliphatic rings. The lowest BCUT2D eigenvalue weighted by Crippen LogP contribution is -2.54. The molecule has 7 nitrogen and oxygen atoms in total. The van der Waals surface area contributed by atoms with Crippen LogP contribution < -0.4 is 20.0 Å². The van der Waals surface area contributed by atoms with Gasteiger partial charge in [-0.3, -0.25) is 14.5 Å². The van der Waals surface area contributed by atoms with Crippen LogP contribution in [0.4, 0.5) is 21.5 Å². The van der Waals surface area contributed by atoms with Crippen LogP contribution in [0.1, 0.15) is 36.0 Å². The van der Waals surface area contributed by atoms with E-state index in [9.17, 15) is 14.0 Å². The maximum atomic E-state index is 14.0. The highest BCUT2D eigenvalue weighted by molar-refractivity contribution is 6.07. The van der Waals surface area contributed by atoms with E-state index in [0.29, 0.717) is 17.8 Å². The summed E-state index contributed by atoms with van der Waals surface area (Å²) < 4.78 is 14.0. The number of carbonyl (C=O) groups is 2. The van der Waals surface area contributed by atoms with E-state index in [2.05, 4.69) is 20.0 Å². The molecule has 8 heteroatoms. The molecule has 0 saturated carbocycles. The molecule has 2 aromatic rings. The van der Waals surface area contributed by atoms with Crippen LogP contribution in [-0.4, -0.2) is 75.6 Å². The predicted octanol–water partition coefficient (Wildman–Crippen LogP) is 3.10. The van der Waals surface area contributed by atoms with Crippen molar-refractivity contribution in [3.05, 3.63) is 53.8 Å². The Kier molecular flexibility index (Phi) is 6.90. The molecule has 0 aliphatic carbocycles. The average Bonchev–Trinajstić information content (AvgIpc) is 2.90. The van der Waals surface area contributed by atoms with Crippen LogP contribution in [-0.2, 0) is 4.79 Å². The number of nitrogens with one attached hydrogen (secondary N) is 1. The lowest BCUT2D eigenvalue weighted by molar-refractivity contribution is -0.120. The zero-order valence-electron chi connectivity index (χ0n) is 20.4. The van der Waals surface area contributed by atoms with E-state index in [1.807, 2.05) is 30.3 Å². The number of piperazine rings is 1. The Balaban J connectivity index is 1.10. The zero-order valence-corrected chi connectivity index (χ0v) is 20.4. The molecule has 1 N–H and O–H groups in total. The highest BCUT2D eigenvalue weighted by Gasteiger charge is 2.38. The number of para-hydroxylation sites is 1. The Morgan fingerprint density at radius 3 is 2.60 bits per heavy atom. The first-order valence-electron chi connectivity index (χ1n) is 12.7. The number of hydrogen-bond donors (Lipinski definition) is 1. The summed E-state index contributed by atoms with van der Waals surface area (Å²) in [5, 5.41) is 3.03. The third-order valence-electron chi connectivity index (χ3n) is 7.53. The molecule has 0 spiro atoms. The fourth-order valence-electron chi connectivity index (χ4n) is 5.52. The first-order chi connectivity index (χ1) is 17.0. The van der Waals surface area contributed by atoms with Crippen LogP contribution in [0.5, 0.6) is 0 Å². The summed E-state index contributed by atoms with van der Waals surface area (Å²) in [5.41, 5.74) is 3.11. The van der Waals surface area contributed by atoms with E-state index in [1.54, 1.807) is 18.0 Å². The number of amides is 2. The molecular formula is C27H34FN5O2. The smallest absolute Gasteiger partial charge is 0.251 e. The minimum atomic E-state index is -0.169. The molecule has 2 amide bonds. The molecule has 1 atom stereocenters. The summed E-state index contributed by atoms with van der Waals surface area (Å²) in [5.74, 6) is -0.166. The number of hydrogen-bond acceptors (Lipinski definition) is 5. The van der Waals surface area contributed by atoms with Gasteiger partial charge in [0.05, 0.1) is 17.1 Å². The van der Waals surface area contributed by atoms with Gasteiger partial charge in [-0.05, 0) is 62.6 Å². The van der Waals surface area contributed by atoms with E-state index >= 15 is 0 Å². The molecule has 0 bridgehead atoms. The monoisotopic (exact) mass is 479 g/mol. The molecule has 2 aromatic carbocycles. The Morgan fingerprint density at radius 1 is 1.00 bits per heavy atom. The van der Waals surface area contributed by atoms with Gasteiger partial charge in [-0.15, -0.1) is 0 Å². The first-order valence-corrected chi connectivity index (χ1v) is 12.7. The van der Waals surface area contributed by atoms with Gasteiger partial charge in [0.2, 0.25) is 5.91 Å². The van der Waals surface area contributed by atoms with Gasteiger partial charge >= 0.3 is 0 Å². The van der Waals surface area contributed by atoms with E-state index in [4.69, 9.17) is 0 Å². The summed E-state index contributed by atoms with van der Waals surface area (Å²) in [6.45, 7) is 5.72. The number of nitrogens with zero attached hydrogens (tertiary/aromatic N) is 4. The Labute approximate surface area is 206 Å². The van der Waals surface area contributed by atoms with Gasteiger partial charge in [-0.2, -0.15) is 0 Å². The minimum absolute atomic E-state index is 0.0745. The summed E-state index contributed by atoms with van der Waals surface area (Å²) >= 11 is 0. The molecular weight excluding hydrogens is 445 g/mol. The molecule has 5 rings (SSSR count). The summed E-state index contributed by atoms with van der Waals surface area (Å²) in [4.78, 5) is 34.0. The fraction of sp³-hybridized carbons (Fsp3) is 0.481. The molecule has 3 aliphatic heterocycles. The number of fused-ring (bicyclic) bond motifs is 3. The minimum Gasteiger partial charge on any atom is -0.367 e. The second-order valence-corrected chi connectivity index (χ2v) is 9.70. The molecule has 1 unspecified atom stereocenters. The molecule has 2 saturated heterocycles. The van der Waals surface area contributed by atoms with Gasteiger partial charge < -0.3 is 20.0 Å². The number of likely N-dealkylation sites (N-methyl/N-ethyl adjacent to an activating group) is 1. The van der Waals surface area contributed by atoms with Crippen LogP contribution >= 0.6 is 0 Å². The largest absolute Gasteiger partial charge is 0.367 e. The Hall–Kier alpha value is -3.13. The number of piperidine rings is 1. The maximum Gasteiger partial charge on any atom is 0.251 e. The van der Waals surface area contributed by atoms with Gasteiger partial charge in [0.25, 0.3) is 5.91 Å². The van der Waals surface area contributed by atoms with Gasteiger partial charge in [-0.25, -0.2) is 4.39 Å². The van der Waals surface area contributed by atoms with E-state index in [1.165, 1.54) is 6.07 Å². The van der Waals surface area contributed by atoms with Gasteiger partial charge in [-0.1, -0.05) is 12.1 Å². The molecule has 2 fully saturated rings. The van der Waals surface area contributed by atoms with Crippen molar-refractivity contribution in [1.29, 1.82) is 0 Å². The van der Waals surface area contributed by atoms with Gasteiger partial charge in [0, 0.05) is 51.9 Å². The highest BCUT2D eigenvalue weighted by atomic mass is 19.1. The standard InChI is InChI=1S/C27H34FN5O2/c1-30-25-19-20(10-11-23(25)33-14-5-4-9-24(33)27(30)35)26(34)29-12-6-13-31-15-17-32(18-16-31)22-8-3-2-7-21(22)28/h2-3,7-8,10-11,19,24H,4-6,9,12-18H2,1H3,(H,29,34). The van der Waals surface area contributed by atoms with Gasteiger partial charge in [0.15, 0.2) is 0 Å². The quantitative estimate of drug-likeness (QED) is 0.646. The van der Waals surface area contributed by atoms with Crippen molar-refractivity contribution in [3.8, 4) is 0 Å². The molecule has 0 radical (unpaired) electrons. The Morgan fingerprint density at radius 2 is 1.80 bits per heavy atom. The lowest BCUT2D eigenvalue weighted by Gasteiger charge is -2.44. The number of carbonyl (C=O) groups excluding carboxylic acids is 2. The molecule has 35 heavy (non-hydrogen) atoms. The van der Waals surface area contributed by atoms with Crippen molar-refractivity contribution in [2.45, 2.75) is 31.7 Å². The average molecular weight is 480 g/mol. The van der Waals surface area contributed by atoms with Crippen molar-refractivity contribution >= 4 is 28.9 Å². The van der Waals surface area contributed by atoms with Crippen LogP contribution in [0.25, 0.3) is 0 Å². The van der Waals surface area contributed by atoms with Crippen molar-refractivity contribution in [1.82, 2.24) is 10.2 Å². The third kappa shape index (κ3) is 4.85. The summed E-state index contributed by atoms with van der Waals surface area (Å²) in [6.07, 6.45) is 3.92. The van der Waals surface area contributed by atoms with Crippen molar-refractivity contribution in [2.24, 2.45) is 0 Å². The SMILES string of the molecule is CN1C(=O)C2CCCCN2c2ccc(C(=O)NCCCN3CCN(c4ccccc4F)CC3)cc21. The summed E-state index contributed by atoms with van der Waals surface area (Å²) in [6, 6.07) is 12.6. The van der Waals surface area contributed by atoms with Crippen molar-refractivity contribution < 1.29 is 14.0 Å². The first kappa shape index (κ1) is 23.6. The van der Waals surface area contributed by atoms with Crippen LogP contribution in [0.2, 0.25) is 0 Å².